The van der Waals surface area contributed by atoms with Crippen molar-refractivity contribution in [3.8, 4) is 5.88 Å². The Kier molecular flexibility index (Phi) is 3.46. The van der Waals surface area contributed by atoms with E-state index in [2.05, 4.69) is 10.1 Å². The summed E-state index contributed by atoms with van der Waals surface area (Å²) in [5.74, 6) is 0.512. The molecule has 0 radical (unpaired) electrons. The minimum Gasteiger partial charge on any atom is -0.477 e. The third kappa shape index (κ3) is 2.33. The Morgan fingerprint density at radius 2 is 2.29 bits per heavy atom. The average Bonchev–Trinajstić information content (AvgIpc) is 2.37. The Hall–Kier alpha value is -1.78. The number of oxime groups is 1. The van der Waals surface area contributed by atoms with Crippen molar-refractivity contribution in [1.29, 1.82) is 0 Å². The number of ether oxygens (including phenoxy) is 1. The number of hydrogen-bond acceptors (Lipinski definition) is 4. The van der Waals surface area contributed by atoms with Crippen molar-refractivity contribution in [3.05, 3.63) is 22.9 Å². The van der Waals surface area contributed by atoms with Gasteiger partial charge in [-0.2, -0.15) is 0 Å². The van der Waals surface area contributed by atoms with Crippen LogP contribution in [-0.4, -0.2) is 22.6 Å². The summed E-state index contributed by atoms with van der Waals surface area (Å²) < 4.78 is 5.44. The van der Waals surface area contributed by atoms with Gasteiger partial charge in [-0.1, -0.05) is 5.16 Å². The van der Waals surface area contributed by atoms with E-state index in [1.54, 1.807) is 0 Å². The molecule has 0 saturated carbocycles. The van der Waals surface area contributed by atoms with Gasteiger partial charge in [-0.25, -0.2) is 4.98 Å². The summed E-state index contributed by atoms with van der Waals surface area (Å²) in [6.07, 6.45) is 4.30. The first-order valence-electron chi connectivity index (χ1n) is 5.89. The van der Waals surface area contributed by atoms with Crippen LogP contribution in [0.25, 0.3) is 0 Å². The third-order valence-electron chi connectivity index (χ3n) is 2.93. The van der Waals surface area contributed by atoms with Crippen LogP contribution in [0.2, 0.25) is 0 Å². The van der Waals surface area contributed by atoms with Crippen molar-refractivity contribution in [3.63, 3.8) is 0 Å². The number of hydrogen-bond donors (Lipinski definition) is 2. The second-order valence-corrected chi connectivity index (χ2v) is 4.07. The number of aromatic nitrogens is 1. The summed E-state index contributed by atoms with van der Waals surface area (Å²) in [5, 5.41) is 11.8. The van der Waals surface area contributed by atoms with Gasteiger partial charge in [0.15, 0.2) is 5.84 Å². The Labute approximate surface area is 100 Å². The molecule has 0 unspecified atom stereocenters. The summed E-state index contributed by atoms with van der Waals surface area (Å²) in [6, 6.07) is 1.93. The van der Waals surface area contributed by atoms with Gasteiger partial charge in [0.2, 0.25) is 5.88 Å². The van der Waals surface area contributed by atoms with E-state index in [0.29, 0.717) is 18.1 Å². The van der Waals surface area contributed by atoms with Gasteiger partial charge in [-0.3, -0.25) is 0 Å². The highest BCUT2D eigenvalue weighted by Gasteiger charge is 2.17. The van der Waals surface area contributed by atoms with Crippen LogP contribution < -0.4 is 10.5 Å². The summed E-state index contributed by atoms with van der Waals surface area (Å²) in [6.45, 7) is 2.40. The van der Waals surface area contributed by atoms with Gasteiger partial charge in [0.25, 0.3) is 0 Å². The lowest BCUT2D eigenvalue weighted by atomic mass is 9.95. The minimum atomic E-state index is 0.0503. The minimum absolute atomic E-state index is 0.0503. The second kappa shape index (κ2) is 5.03. The normalized spacial score (nSPS) is 15.5. The lowest BCUT2D eigenvalue weighted by Gasteiger charge is -2.18. The number of nitrogens with zero attached hydrogens (tertiary/aromatic N) is 2. The first-order valence-corrected chi connectivity index (χ1v) is 5.89. The van der Waals surface area contributed by atoms with Crippen molar-refractivity contribution in [2.75, 3.05) is 6.61 Å². The van der Waals surface area contributed by atoms with Crippen LogP contribution in [-0.2, 0) is 12.8 Å². The van der Waals surface area contributed by atoms with Crippen molar-refractivity contribution in [2.45, 2.75) is 32.6 Å². The van der Waals surface area contributed by atoms with Crippen molar-refractivity contribution < 1.29 is 9.94 Å². The zero-order chi connectivity index (χ0) is 12.3. The molecule has 1 heterocycles. The van der Waals surface area contributed by atoms with Crippen LogP contribution in [0.1, 0.15) is 36.6 Å². The number of aryl methyl sites for hydroxylation is 2. The standard InChI is InChI=1S/C12H17N3O2/c1-2-17-12-9(11(13)15-16)7-8-5-3-4-6-10(8)14-12/h7,16H,2-6H2,1H3,(H2,13,15). The lowest BCUT2D eigenvalue weighted by molar-refractivity contribution is 0.314. The molecule has 0 amide bonds. The molecule has 1 aromatic heterocycles. The third-order valence-corrected chi connectivity index (χ3v) is 2.93. The molecule has 1 aliphatic rings. The quantitative estimate of drug-likeness (QED) is 0.359. The van der Waals surface area contributed by atoms with Crippen LogP contribution in [0.3, 0.4) is 0 Å². The number of nitrogens with two attached hydrogens (primary N) is 1. The van der Waals surface area contributed by atoms with E-state index >= 15 is 0 Å². The van der Waals surface area contributed by atoms with E-state index in [-0.39, 0.29) is 5.84 Å². The van der Waals surface area contributed by atoms with Gasteiger partial charge in [0.05, 0.1) is 12.2 Å². The molecule has 0 atom stereocenters. The zero-order valence-corrected chi connectivity index (χ0v) is 9.94. The molecular weight excluding hydrogens is 218 g/mol. The molecule has 0 fully saturated rings. The molecule has 1 aromatic rings. The van der Waals surface area contributed by atoms with Gasteiger partial charge in [-0.15, -0.1) is 0 Å². The van der Waals surface area contributed by atoms with Gasteiger partial charge in [0, 0.05) is 5.69 Å². The van der Waals surface area contributed by atoms with Crippen molar-refractivity contribution in [1.82, 2.24) is 4.98 Å². The average molecular weight is 235 g/mol. The Morgan fingerprint density at radius 3 is 3.00 bits per heavy atom. The van der Waals surface area contributed by atoms with E-state index < -0.39 is 0 Å². The van der Waals surface area contributed by atoms with E-state index in [0.717, 1.165) is 31.4 Å². The van der Waals surface area contributed by atoms with Gasteiger partial charge < -0.3 is 15.7 Å². The van der Waals surface area contributed by atoms with Crippen LogP contribution in [0.5, 0.6) is 5.88 Å². The fraction of sp³-hybridized carbons (Fsp3) is 0.500. The van der Waals surface area contributed by atoms with Crippen LogP contribution in [0, 0.1) is 0 Å². The number of rotatable bonds is 3. The topological polar surface area (TPSA) is 80.7 Å². The molecule has 0 spiro atoms. The Bertz CT molecular complexity index is 444. The molecule has 1 aliphatic carbocycles. The molecule has 2 rings (SSSR count). The SMILES string of the molecule is CCOc1nc2c(cc1C(N)=NO)CCCC2. The molecule has 17 heavy (non-hydrogen) atoms. The van der Waals surface area contributed by atoms with Crippen LogP contribution in [0.4, 0.5) is 0 Å². The van der Waals surface area contributed by atoms with Crippen molar-refractivity contribution in [2.24, 2.45) is 10.9 Å². The smallest absolute Gasteiger partial charge is 0.224 e. The maximum absolute atomic E-state index is 8.76. The summed E-state index contributed by atoms with van der Waals surface area (Å²) in [7, 11) is 0. The molecule has 0 saturated heterocycles. The van der Waals surface area contributed by atoms with Gasteiger partial charge in [-0.05, 0) is 44.2 Å². The lowest BCUT2D eigenvalue weighted by Crippen LogP contribution is -2.18. The number of fused-ring (bicyclic) bond motifs is 1. The number of pyridine rings is 1. The number of amidine groups is 1. The molecule has 0 aromatic carbocycles. The van der Waals surface area contributed by atoms with Crippen LogP contribution in [0.15, 0.2) is 11.2 Å². The van der Waals surface area contributed by atoms with Crippen LogP contribution >= 0.6 is 0 Å². The predicted octanol–water partition coefficient (Wildman–Crippen LogP) is 1.45. The molecule has 3 N–H and O–H groups in total. The van der Waals surface area contributed by atoms with E-state index in [1.165, 1.54) is 5.56 Å². The highest BCUT2D eigenvalue weighted by Crippen LogP contribution is 2.25. The predicted molar refractivity (Wildman–Crippen MR) is 64.6 cm³/mol. The monoisotopic (exact) mass is 235 g/mol. The van der Waals surface area contributed by atoms with Gasteiger partial charge in [0.1, 0.15) is 0 Å². The first-order chi connectivity index (χ1) is 8.26. The highest BCUT2D eigenvalue weighted by atomic mass is 16.5. The summed E-state index contributed by atoms with van der Waals surface area (Å²) >= 11 is 0. The second-order valence-electron chi connectivity index (χ2n) is 4.07. The molecule has 5 heteroatoms. The maximum atomic E-state index is 8.76. The molecular formula is C12H17N3O2. The molecule has 92 valence electrons. The largest absolute Gasteiger partial charge is 0.477 e. The van der Waals surface area contributed by atoms with Crippen molar-refractivity contribution >= 4 is 5.84 Å². The molecule has 0 bridgehead atoms. The Balaban J connectivity index is 2.47. The summed E-state index contributed by atoms with van der Waals surface area (Å²) in [5.41, 5.74) is 8.48. The first kappa shape index (κ1) is 11.7. The fourth-order valence-electron chi connectivity index (χ4n) is 2.10. The highest BCUT2D eigenvalue weighted by molar-refractivity contribution is 5.99. The zero-order valence-electron chi connectivity index (χ0n) is 9.94. The van der Waals surface area contributed by atoms with E-state index in [1.807, 2.05) is 13.0 Å². The molecule has 0 aliphatic heterocycles. The van der Waals surface area contributed by atoms with E-state index in [4.69, 9.17) is 15.7 Å². The van der Waals surface area contributed by atoms with E-state index in [9.17, 15) is 0 Å². The maximum Gasteiger partial charge on any atom is 0.224 e. The molecule has 5 nitrogen and oxygen atoms in total. The summed E-state index contributed by atoms with van der Waals surface area (Å²) in [4.78, 5) is 4.48. The Morgan fingerprint density at radius 1 is 1.53 bits per heavy atom. The fourth-order valence-corrected chi connectivity index (χ4v) is 2.10. The van der Waals surface area contributed by atoms with Gasteiger partial charge >= 0.3 is 0 Å².